The van der Waals surface area contributed by atoms with Crippen LogP contribution in [0.15, 0.2) is 36.7 Å². The quantitative estimate of drug-likeness (QED) is 0.680. The topological polar surface area (TPSA) is 85.8 Å². The molecular formula is C23H23N5O2. The molecule has 1 aliphatic heterocycles. The average molecular weight is 401 g/mol. The second-order valence-electron chi connectivity index (χ2n) is 7.86. The van der Waals surface area contributed by atoms with Crippen molar-refractivity contribution in [2.45, 2.75) is 37.8 Å². The first-order valence-electron chi connectivity index (χ1n) is 10.3. The van der Waals surface area contributed by atoms with Crippen molar-refractivity contribution in [3.63, 3.8) is 0 Å². The number of terminal acetylenes is 1. The summed E-state index contributed by atoms with van der Waals surface area (Å²) in [7, 11) is 0. The SMILES string of the molecule is C#Cc1cc(-c2cccc(C(=O)N(C3CCOCC3)C3CC3)c2)n2ncnc(N)c12. The van der Waals surface area contributed by atoms with Crippen LogP contribution in [0.5, 0.6) is 0 Å². The van der Waals surface area contributed by atoms with E-state index in [4.69, 9.17) is 16.9 Å². The minimum absolute atomic E-state index is 0.0819. The molecule has 152 valence electrons. The van der Waals surface area contributed by atoms with Crippen LogP contribution in [-0.4, -0.2) is 50.7 Å². The van der Waals surface area contributed by atoms with Crippen molar-refractivity contribution in [3.05, 3.63) is 47.8 Å². The zero-order chi connectivity index (χ0) is 20.7. The maximum absolute atomic E-state index is 13.5. The fourth-order valence-corrected chi connectivity index (χ4v) is 4.29. The van der Waals surface area contributed by atoms with Crippen LogP contribution in [0.3, 0.4) is 0 Å². The zero-order valence-electron chi connectivity index (χ0n) is 16.6. The minimum atomic E-state index is 0.0819. The van der Waals surface area contributed by atoms with Crippen LogP contribution in [0.25, 0.3) is 16.8 Å². The minimum Gasteiger partial charge on any atom is -0.382 e. The molecule has 1 aliphatic carbocycles. The summed E-state index contributed by atoms with van der Waals surface area (Å²) < 4.78 is 7.19. The summed E-state index contributed by atoms with van der Waals surface area (Å²) in [4.78, 5) is 19.6. The van der Waals surface area contributed by atoms with Gasteiger partial charge < -0.3 is 15.4 Å². The first kappa shape index (κ1) is 18.6. The Morgan fingerprint density at radius 1 is 1.20 bits per heavy atom. The third-order valence-electron chi connectivity index (χ3n) is 5.90. The molecular weight excluding hydrogens is 378 g/mol. The first-order valence-corrected chi connectivity index (χ1v) is 10.3. The molecule has 2 aliphatic rings. The van der Waals surface area contributed by atoms with Gasteiger partial charge >= 0.3 is 0 Å². The number of benzene rings is 1. The van der Waals surface area contributed by atoms with Gasteiger partial charge in [0.15, 0.2) is 5.82 Å². The largest absolute Gasteiger partial charge is 0.382 e. The Kier molecular flexibility index (Phi) is 4.64. The van der Waals surface area contributed by atoms with E-state index in [1.807, 2.05) is 30.3 Å². The van der Waals surface area contributed by atoms with E-state index in [9.17, 15) is 4.79 Å². The lowest BCUT2D eigenvalue weighted by molar-refractivity contribution is 0.0267. The highest BCUT2D eigenvalue weighted by Gasteiger charge is 2.38. The summed E-state index contributed by atoms with van der Waals surface area (Å²) in [6.07, 6.45) is 11.0. The van der Waals surface area contributed by atoms with Crippen molar-refractivity contribution in [2.75, 3.05) is 18.9 Å². The number of carbonyl (C=O) groups excluding carboxylic acids is 1. The number of ether oxygens (including phenoxy) is 1. The number of rotatable bonds is 4. The number of amides is 1. The maximum atomic E-state index is 13.5. The van der Waals surface area contributed by atoms with Crippen molar-refractivity contribution in [2.24, 2.45) is 0 Å². The van der Waals surface area contributed by atoms with E-state index in [0.717, 1.165) is 36.9 Å². The molecule has 0 unspecified atom stereocenters. The van der Waals surface area contributed by atoms with Crippen LogP contribution in [0.1, 0.15) is 41.6 Å². The second-order valence-corrected chi connectivity index (χ2v) is 7.86. The van der Waals surface area contributed by atoms with Crippen LogP contribution in [-0.2, 0) is 4.74 Å². The third kappa shape index (κ3) is 3.19. The van der Waals surface area contributed by atoms with Crippen molar-refractivity contribution in [1.82, 2.24) is 19.5 Å². The third-order valence-corrected chi connectivity index (χ3v) is 5.90. The summed E-state index contributed by atoms with van der Waals surface area (Å²) in [5.41, 5.74) is 9.57. The highest BCUT2D eigenvalue weighted by Crippen LogP contribution is 2.34. The van der Waals surface area contributed by atoms with Crippen LogP contribution >= 0.6 is 0 Å². The molecule has 2 aromatic heterocycles. The molecule has 0 radical (unpaired) electrons. The fourth-order valence-electron chi connectivity index (χ4n) is 4.29. The number of nitrogens with two attached hydrogens (primary N) is 1. The molecule has 1 aromatic carbocycles. The van der Waals surface area contributed by atoms with Gasteiger partial charge in [0, 0.05) is 36.4 Å². The van der Waals surface area contributed by atoms with Gasteiger partial charge in [-0.15, -0.1) is 6.42 Å². The highest BCUT2D eigenvalue weighted by molar-refractivity contribution is 5.96. The number of nitrogen functional groups attached to an aromatic ring is 1. The molecule has 0 spiro atoms. The van der Waals surface area contributed by atoms with E-state index in [2.05, 4.69) is 20.9 Å². The predicted molar refractivity (Wildman–Crippen MR) is 114 cm³/mol. The molecule has 5 rings (SSSR count). The lowest BCUT2D eigenvalue weighted by Gasteiger charge is -2.34. The van der Waals surface area contributed by atoms with E-state index in [0.29, 0.717) is 41.7 Å². The first-order chi connectivity index (χ1) is 14.7. The monoisotopic (exact) mass is 401 g/mol. The lowest BCUT2D eigenvalue weighted by atomic mass is 10.0. The Morgan fingerprint density at radius 2 is 1.97 bits per heavy atom. The van der Waals surface area contributed by atoms with Gasteiger partial charge in [-0.05, 0) is 43.9 Å². The van der Waals surface area contributed by atoms with Crippen molar-refractivity contribution < 1.29 is 9.53 Å². The van der Waals surface area contributed by atoms with Gasteiger partial charge in [-0.2, -0.15) is 5.10 Å². The number of aromatic nitrogens is 3. The van der Waals surface area contributed by atoms with E-state index < -0.39 is 0 Å². The fraction of sp³-hybridized carbons (Fsp3) is 0.348. The Labute approximate surface area is 174 Å². The summed E-state index contributed by atoms with van der Waals surface area (Å²) in [6, 6.07) is 10.1. The van der Waals surface area contributed by atoms with E-state index >= 15 is 0 Å². The number of hydrogen-bond acceptors (Lipinski definition) is 5. The number of anilines is 1. The van der Waals surface area contributed by atoms with E-state index in [1.165, 1.54) is 6.33 Å². The summed E-state index contributed by atoms with van der Waals surface area (Å²) in [5.74, 6) is 3.07. The molecule has 30 heavy (non-hydrogen) atoms. The molecule has 2 N–H and O–H groups in total. The maximum Gasteiger partial charge on any atom is 0.254 e. The van der Waals surface area contributed by atoms with Crippen LogP contribution < -0.4 is 5.73 Å². The van der Waals surface area contributed by atoms with Gasteiger partial charge in [0.1, 0.15) is 11.8 Å². The molecule has 7 heteroatoms. The summed E-state index contributed by atoms with van der Waals surface area (Å²) in [5, 5.41) is 4.33. The average Bonchev–Trinajstić information content (AvgIpc) is 3.54. The number of fused-ring (bicyclic) bond motifs is 1. The Balaban J connectivity index is 1.53. The number of carbonyl (C=O) groups is 1. The molecule has 1 amide bonds. The van der Waals surface area contributed by atoms with Gasteiger partial charge in [-0.25, -0.2) is 9.50 Å². The van der Waals surface area contributed by atoms with Gasteiger partial charge in [0.25, 0.3) is 5.91 Å². The van der Waals surface area contributed by atoms with Gasteiger partial charge in [0.2, 0.25) is 0 Å². The Bertz CT molecular complexity index is 1150. The molecule has 3 aromatic rings. The summed E-state index contributed by atoms with van der Waals surface area (Å²) >= 11 is 0. The number of nitrogens with zero attached hydrogens (tertiary/aromatic N) is 4. The van der Waals surface area contributed by atoms with Crippen LogP contribution in [0.4, 0.5) is 5.82 Å². The molecule has 3 heterocycles. The normalized spacial score (nSPS) is 17.0. The lowest BCUT2D eigenvalue weighted by Crippen LogP contribution is -2.44. The van der Waals surface area contributed by atoms with Gasteiger partial charge in [0.05, 0.1) is 11.3 Å². The molecule has 0 bridgehead atoms. The van der Waals surface area contributed by atoms with Crippen molar-refractivity contribution in [1.29, 1.82) is 0 Å². The van der Waals surface area contributed by atoms with E-state index in [1.54, 1.807) is 4.52 Å². The zero-order valence-corrected chi connectivity index (χ0v) is 16.6. The highest BCUT2D eigenvalue weighted by atomic mass is 16.5. The van der Waals surface area contributed by atoms with Gasteiger partial charge in [-0.3, -0.25) is 4.79 Å². The van der Waals surface area contributed by atoms with Crippen LogP contribution in [0.2, 0.25) is 0 Å². The van der Waals surface area contributed by atoms with Crippen LogP contribution in [0, 0.1) is 12.3 Å². The number of hydrogen-bond donors (Lipinski definition) is 1. The predicted octanol–water partition coefficient (Wildman–Crippen LogP) is 2.74. The molecule has 0 atom stereocenters. The molecule has 1 saturated carbocycles. The van der Waals surface area contributed by atoms with Gasteiger partial charge in [-0.1, -0.05) is 18.1 Å². The van der Waals surface area contributed by atoms with Crippen molar-refractivity contribution >= 4 is 17.2 Å². The summed E-state index contributed by atoms with van der Waals surface area (Å²) in [6.45, 7) is 1.43. The van der Waals surface area contributed by atoms with E-state index in [-0.39, 0.29) is 11.9 Å². The standard InChI is InChI=1S/C23H23N5O2/c1-2-15-13-20(28-21(15)22(24)25-14-26-28)16-4-3-5-17(12-16)23(29)27(18-6-7-18)19-8-10-30-11-9-19/h1,3-5,12-14,18-19H,6-11H2,(H2,24,25,26). The molecule has 2 fully saturated rings. The van der Waals surface area contributed by atoms with Crippen molar-refractivity contribution in [3.8, 4) is 23.6 Å². The smallest absolute Gasteiger partial charge is 0.254 e. The molecule has 7 nitrogen and oxygen atoms in total. The second kappa shape index (κ2) is 7.47. The Morgan fingerprint density at radius 3 is 2.70 bits per heavy atom. The Hall–Kier alpha value is -3.37. The molecule has 1 saturated heterocycles.